The minimum atomic E-state index is -0.354. The van der Waals surface area contributed by atoms with Crippen LogP contribution in [0.15, 0.2) is 0 Å². The van der Waals surface area contributed by atoms with Crippen LogP contribution in [0.25, 0.3) is 0 Å². The zero-order chi connectivity index (χ0) is 9.19. The highest BCUT2D eigenvalue weighted by Crippen LogP contribution is 2.30. The van der Waals surface area contributed by atoms with E-state index in [1.165, 1.54) is 0 Å². The van der Waals surface area contributed by atoms with Crippen molar-refractivity contribution in [3.05, 3.63) is 0 Å². The summed E-state index contributed by atoms with van der Waals surface area (Å²) < 4.78 is 0. The molecule has 12 heavy (non-hydrogen) atoms. The van der Waals surface area contributed by atoms with Crippen LogP contribution in [0, 0.1) is 11.3 Å². The van der Waals surface area contributed by atoms with E-state index in [0.29, 0.717) is 5.92 Å². The van der Waals surface area contributed by atoms with E-state index < -0.39 is 0 Å². The zero-order valence-electron chi connectivity index (χ0n) is 7.89. The van der Waals surface area contributed by atoms with Gasteiger partial charge in [0.25, 0.3) is 0 Å². The fraction of sp³-hybridized carbons (Fsp3) is 0.889. The van der Waals surface area contributed by atoms with Crippen LogP contribution in [0.3, 0.4) is 0 Å². The summed E-state index contributed by atoms with van der Waals surface area (Å²) in [6, 6.07) is 0. The minimum absolute atomic E-state index is 0.184. The Morgan fingerprint density at radius 2 is 2.25 bits per heavy atom. The van der Waals surface area contributed by atoms with Crippen LogP contribution in [-0.2, 0) is 4.79 Å². The number of carbonyl (C=O) groups is 1. The lowest BCUT2D eigenvalue weighted by molar-refractivity contribution is -0.129. The maximum atomic E-state index is 11.1. The second kappa shape index (κ2) is 3.44. The molecule has 0 aliphatic carbocycles. The number of nitrogens with one attached hydrogen (secondary N) is 1. The molecule has 70 valence electrons. The van der Waals surface area contributed by atoms with Crippen LogP contribution in [0.5, 0.6) is 0 Å². The monoisotopic (exact) mass is 170 g/mol. The van der Waals surface area contributed by atoms with Gasteiger partial charge in [0, 0.05) is 5.41 Å². The molecule has 1 saturated heterocycles. The van der Waals surface area contributed by atoms with Gasteiger partial charge in [-0.25, -0.2) is 0 Å². The number of primary amides is 1. The molecule has 1 heterocycles. The van der Waals surface area contributed by atoms with Crippen LogP contribution < -0.4 is 11.1 Å². The van der Waals surface area contributed by atoms with Crippen molar-refractivity contribution < 1.29 is 4.79 Å². The summed E-state index contributed by atoms with van der Waals surface area (Å²) in [6.07, 6.45) is 2.27. The first-order valence-electron chi connectivity index (χ1n) is 4.56. The molecular weight excluding hydrogens is 152 g/mol. The minimum Gasteiger partial charge on any atom is -0.369 e. The van der Waals surface area contributed by atoms with Crippen LogP contribution in [0.4, 0.5) is 0 Å². The van der Waals surface area contributed by atoms with Crippen molar-refractivity contribution in [2.24, 2.45) is 17.1 Å². The highest BCUT2D eigenvalue weighted by atomic mass is 16.1. The summed E-state index contributed by atoms with van der Waals surface area (Å²) in [5, 5.41) is 3.29. The van der Waals surface area contributed by atoms with Gasteiger partial charge in [-0.05, 0) is 31.8 Å². The maximum Gasteiger partial charge on any atom is 0.223 e. The molecular formula is C9H18N2O. The molecule has 3 nitrogen and oxygen atoms in total. The molecule has 0 bridgehead atoms. The highest BCUT2D eigenvalue weighted by Gasteiger charge is 2.35. The summed E-state index contributed by atoms with van der Waals surface area (Å²) in [5.41, 5.74) is 4.98. The number of amides is 1. The van der Waals surface area contributed by atoms with Crippen LogP contribution >= 0.6 is 0 Å². The van der Waals surface area contributed by atoms with Gasteiger partial charge in [-0.1, -0.05) is 13.8 Å². The van der Waals surface area contributed by atoms with Gasteiger partial charge in [-0.3, -0.25) is 4.79 Å². The predicted molar refractivity (Wildman–Crippen MR) is 48.6 cm³/mol. The average Bonchev–Trinajstić information content (AvgIpc) is 2.06. The molecule has 0 saturated carbocycles. The summed E-state index contributed by atoms with van der Waals surface area (Å²) >= 11 is 0. The third-order valence-corrected chi connectivity index (χ3v) is 2.95. The standard InChI is InChI=1S/C9H18N2O/c1-9(2,8(10)12)7-4-3-5-11-6-7/h7,11H,3-6H2,1-2H3,(H2,10,12)/t7-/m0/s1. The highest BCUT2D eigenvalue weighted by molar-refractivity contribution is 5.80. The fourth-order valence-corrected chi connectivity index (χ4v) is 1.67. The largest absolute Gasteiger partial charge is 0.369 e. The molecule has 3 heteroatoms. The average molecular weight is 170 g/mol. The Morgan fingerprint density at radius 1 is 1.58 bits per heavy atom. The summed E-state index contributed by atoms with van der Waals surface area (Å²) in [5.74, 6) is 0.222. The van der Waals surface area contributed by atoms with Gasteiger partial charge in [0.1, 0.15) is 0 Å². The van der Waals surface area contributed by atoms with E-state index in [0.717, 1.165) is 25.9 Å². The number of nitrogens with two attached hydrogens (primary N) is 1. The molecule has 0 spiro atoms. The van der Waals surface area contributed by atoms with Crippen LogP contribution in [-0.4, -0.2) is 19.0 Å². The topological polar surface area (TPSA) is 55.1 Å². The lowest BCUT2D eigenvalue weighted by Crippen LogP contribution is -2.45. The summed E-state index contributed by atoms with van der Waals surface area (Å²) in [7, 11) is 0. The van der Waals surface area contributed by atoms with Crippen molar-refractivity contribution in [2.45, 2.75) is 26.7 Å². The van der Waals surface area contributed by atoms with Crippen molar-refractivity contribution in [3.63, 3.8) is 0 Å². The molecule has 0 radical (unpaired) electrons. The van der Waals surface area contributed by atoms with E-state index in [-0.39, 0.29) is 11.3 Å². The third-order valence-electron chi connectivity index (χ3n) is 2.95. The van der Waals surface area contributed by atoms with Gasteiger partial charge in [0.15, 0.2) is 0 Å². The Kier molecular flexibility index (Phi) is 2.73. The lowest BCUT2D eigenvalue weighted by atomic mass is 9.74. The van der Waals surface area contributed by atoms with Crippen LogP contribution in [0.1, 0.15) is 26.7 Å². The van der Waals surface area contributed by atoms with Gasteiger partial charge < -0.3 is 11.1 Å². The zero-order valence-corrected chi connectivity index (χ0v) is 7.89. The Morgan fingerprint density at radius 3 is 2.67 bits per heavy atom. The first-order chi connectivity index (χ1) is 5.55. The van der Waals surface area contributed by atoms with Crippen molar-refractivity contribution in [2.75, 3.05) is 13.1 Å². The van der Waals surface area contributed by atoms with E-state index >= 15 is 0 Å². The third kappa shape index (κ3) is 1.78. The second-order valence-electron chi connectivity index (χ2n) is 4.13. The molecule has 0 aromatic heterocycles. The molecule has 1 fully saturated rings. The van der Waals surface area contributed by atoms with Gasteiger partial charge in [0.05, 0.1) is 0 Å². The Hall–Kier alpha value is -0.570. The normalized spacial score (nSPS) is 25.3. The molecule has 0 aromatic rings. The fourth-order valence-electron chi connectivity index (χ4n) is 1.67. The van der Waals surface area contributed by atoms with E-state index in [4.69, 9.17) is 5.73 Å². The van der Waals surface area contributed by atoms with E-state index in [1.54, 1.807) is 0 Å². The number of hydrogen-bond acceptors (Lipinski definition) is 2. The van der Waals surface area contributed by atoms with Crippen LogP contribution in [0.2, 0.25) is 0 Å². The number of hydrogen-bond donors (Lipinski definition) is 2. The van der Waals surface area contributed by atoms with Crippen molar-refractivity contribution in [1.29, 1.82) is 0 Å². The molecule has 1 aliphatic rings. The van der Waals surface area contributed by atoms with Crippen molar-refractivity contribution >= 4 is 5.91 Å². The maximum absolute atomic E-state index is 11.1. The van der Waals surface area contributed by atoms with Gasteiger partial charge in [0.2, 0.25) is 5.91 Å². The number of piperidine rings is 1. The SMILES string of the molecule is CC(C)(C(N)=O)[C@H]1CCCNC1. The predicted octanol–water partition coefficient (Wildman–Crippen LogP) is 0.498. The molecule has 1 atom stereocenters. The first-order valence-corrected chi connectivity index (χ1v) is 4.56. The summed E-state index contributed by atoms with van der Waals surface area (Å²) in [4.78, 5) is 11.1. The van der Waals surface area contributed by atoms with Crippen molar-refractivity contribution in [3.8, 4) is 0 Å². The second-order valence-corrected chi connectivity index (χ2v) is 4.13. The van der Waals surface area contributed by atoms with E-state index in [2.05, 4.69) is 5.32 Å². The lowest BCUT2D eigenvalue weighted by Gasteiger charge is -2.34. The Labute approximate surface area is 73.7 Å². The smallest absolute Gasteiger partial charge is 0.223 e. The van der Waals surface area contributed by atoms with Gasteiger partial charge >= 0.3 is 0 Å². The molecule has 0 unspecified atom stereocenters. The molecule has 3 N–H and O–H groups in total. The summed E-state index contributed by atoms with van der Waals surface area (Å²) in [6.45, 7) is 5.88. The van der Waals surface area contributed by atoms with E-state index in [1.807, 2.05) is 13.8 Å². The van der Waals surface area contributed by atoms with Gasteiger partial charge in [-0.15, -0.1) is 0 Å². The first kappa shape index (κ1) is 9.52. The van der Waals surface area contributed by atoms with E-state index in [9.17, 15) is 4.79 Å². The Balaban J connectivity index is 2.59. The molecule has 1 amide bonds. The molecule has 1 aliphatic heterocycles. The van der Waals surface area contributed by atoms with Crippen molar-refractivity contribution in [1.82, 2.24) is 5.32 Å². The quantitative estimate of drug-likeness (QED) is 0.634. The molecule has 0 aromatic carbocycles. The Bertz CT molecular complexity index is 171. The molecule has 1 rings (SSSR count). The van der Waals surface area contributed by atoms with Gasteiger partial charge in [-0.2, -0.15) is 0 Å². The number of carbonyl (C=O) groups excluding carboxylic acids is 1. The number of rotatable bonds is 2.